The minimum atomic E-state index is 0.00632. The summed E-state index contributed by atoms with van der Waals surface area (Å²) >= 11 is 12.1. The summed E-state index contributed by atoms with van der Waals surface area (Å²) in [7, 11) is 0. The molecule has 0 spiro atoms. The molecule has 4 heteroatoms. The second-order valence-corrected chi connectivity index (χ2v) is 7.15. The van der Waals surface area contributed by atoms with Crippen LogP contribution in [0.1, 0.15) is 29.8 Å². The SMILES string of the molecule is CC(C)N(Cc1ccc(Cl)c(Cl)c1)C(=O)c1ccc2ccccc2c1. The molecule has 0 N–H and O–H groups in total. The fourth-order valence-electron chi connectivity index (χ4n) is 2.81. The molecule has 0 unspecified atom stereocenters. The molecular weight excluding hydrogens is 353 g/mol. The summed E-state index contributed by atoms with van der Waals surface area (Å²) in [5, 5.41) is 3.20. The van der Waals surface area contributed by atoms with E-state index < -0.39 is 0 Å². The van der Waals surface area contributed by atoms with E-state index in [4.69, 9.17) is 23.2 Å². The summed E-state index contributed by atoms with van der Waals surface area (Å²) in [6, 6.07) is 19.4. The standard InChI is InChI=1S/C21H19Cl2NO/c1-14(2)24(13-15-7-10-19(22)20(23)11-15)21(25)18-9-8-16-5-3-4-6-17(16)12-18/h3-12,14H,13H2,1-2H3. The molecule has 3 rings (SSSR count). The van der Waals surface area contributed by atoms with Crippen LogP contribution in [-0.2, 0) is 6.54 Å². The number of fused-ring (bicyclic) bond motifs is 1. The monoisotopic (exact) mass is 371 g/mol. The van der Waals surface area contributed by atoms with Crippen LogP contribution in [0, 0.1) is 0 Å². The van der Waals surface area contributed by atoms with Gasteiger partial charge in [0.25, 0.3) is 5.91 Å². The summed E-state index contributed by atoms with van der Waals surface area (Å²) in [6.45, 7) is 4.51. The predicted molar refractivity (Wildman–Crippen MR) is 105 cm³/mol. The van der Waals surface area contributed by atoms with Crippen LogP contribution >= 0.6 is 23.2 Å². The minimum Gasteiger partial charge on any atom is -0.332 e. The fraction of sp³-hybridized carbons (Fsp3) is 0.190. The Morgan fingerprint density at radius 3 is 2.32 bits per heavy atom. The van der Waals surface area contributed by atoms with Crippen LogP contribution < -0.4 is 0 Å². The van der Waals surface area contributed by atoms with Crippen molar-refractivity contribution in [2.45, 2.75) is 26.4 Å². The largest absolute Gasteiger partial charge is 0.332 e. The Bertz CT molecular complexity index is 921. The molecule has 0 aliphatic rings. The van der Waals surface area contributed by atoms with Crippen molar-refractivity contribution < 1.29 is 4.79 Å². The van der Waals surface area contributed by atoms with Crippen molar-refractivity contribution in [3.8, 4) is 0 Å². The number of carbonyl (C=O) groups is 1. The number of hydrogen-bond donors (Lipinski definition) is 0. The second-order valence-electron chi connectivity index (χ2n) is 6.34. The lowest BCUT2D eigenvalue weighted by Crippen LogP contribution is -2.36. The highest BCUT2D eigenvalue weighted by atomic mass is 35.5. The van der Waals surface area contributed by atoms with Gasteiger partial charge < -0.3 is 4.90 Å². The van der Waals surface area contributed by atoms with Crippen LogP contribution in [0.3, 0.4) is 0 Å². The molecule has 0 fully saturated rings. The summed E-state index contributed by atoms with van der Waals surface area (Å²) < 4.78 is 0. The number of hydrogen-bond acceptors (Lipinski definition) is 1. The second kappa shape index (κ2) is 7.47. The van der Waals surface area contributed by atoms with Gasteiger partial charge in [0.15, 0.2) is 0 Å². The molecule has 25 heavy (non-hydrogen) atoms. The number of carbonyl (C=O) groups excluding carboxylic acids is 1. The highest BCUT2D eigenvalue weighted by Crippen LogP contribution is 2.24. The molecule has 3 aromatic carbocycles. The van der Waals surface area contributed by atoms with Crippen molar-refractivity contribution in [3.05, 3.63) is 81.8 Å². The molecule has 1 amide bonds. The lowest BCUT2D eigenvalue weighted by Gasteiger charge is -2.27. The Morgan fingerprint density at radius 2 is 1.64 bits per heavy atom. The molecule has 2 nitrogen and oxygen atoms in total. The Labute approximate surface area is 158 Å². The molecule has 3 aromatic rings. The van der Waals surface area contributed by atoms with Crippen molar-refractivity contribution in [3.63, 3.8) is 0 Å². The highest BCUT2D eigenvalue weighted by molar-refractivity contribution is 6.42. The first-order valence-electron chi connectivity index (χ1n) is 8.19. The van der Waals surface area contributed by atoms with Gasteiger partial charge in [-0.1, -0.05) is 59.6 Å². The number of rotatable bonds is 4. The topological polar surface area (TPSA) is 20.3 Å². The molecule has 0 bridgehead atoms. The van der Waals surface area contributed by atoms with Crippen molar-refractivity contribution in [1.29, 1.82) is 0 Å². The van der Waals surface area contributed by atoms with Gasteiger partial charge in [-0.25, -0.2) is 0 Å². The summed E-state index contributed by atoms with van der Waals surface area (Å²) in [4.78, 5) is 14.9. The normalized spacial score (nSPS) is 11.1. The maximum Gasteiger partial charge on any atom is 0.254 e. The van der Waals surface area contributed by atoms with Crippen molar-refractivity contribution in [2.24, 2.45) is 0 Å². The van der Waals surface area contributed by atoms with E-state index in [2.05, 4.69) is 0 Å². The zero-order valence-electron chi connectivity index (χ0n) is 14.2. The minimum absolute atomic E-state index is 0.00632. The Hall–Kier alpha value is -2.03. The average molecular weight is 372 g/mol. The van der Waals surface area contributed by atoms with Crippen LogP contribution in [0.4, 0.5) is 0 Å². The number of halogens is 2. The van der Waals surface area contributed by atoms with Crippen LogP contribution in [-0.4, -0.2) is 16.8 Å². The van der Waals surface area contributed by atoms with E-state index in [1.165, 1.54) is 0 Å². The quantitative estimate of drug-likeness (QED) is 0.534. The van der Waals surface area contributed by atoms with E-state index >= 15 is 0 Å². The van der Waals surface area contributed by atoms with Crippen LogP contribution in [0.2, 0.25) is 10.0 Å². The van der Waals surface area contributed by atoms with E-state index in [-0.39, 0.29) is 11.9 Å². The molecule has 0 aromatic heterocycles. The Morgan fingerprint density at radius 1 is 0.920 bits per heavy atom. The third-order valence-corrected chi connectivity index (χ3v) is 4.96. The first-order valence-corrected chi connectivity index (χ1v) is 8.95. The third kappa shape index (κ3) is 3.97. The van der Waals surface area contributed by atoms with Crippen LogP contribution in [0.5, 0.6) is 0 Å². The van der Waals surface area contributed by atoms with Crippen LogP contribution in [0.15, 0.2) is 60.7 Å². The van der Waals surface area contributed by atoms with E-state index in [9.17, 15) is 4.79 Å². The predicted octanol–water partition coefficient (Wildman–Crippen LogP) is 6.20. The Balaban J connectivity index is 1.90. The van der Waals surface area contributed by atoms with E-state index in [0.717, 1.165) is 16.3 Å². The molecule has 0 saturated carbocycles. The smallest absolute Gasteiger partial charge is 0.254 e. The molecule has 0 heterocycles. The fourth-order valence-corrected chi connectivity index (χ4v) is 3.13. The average Bonchev–Trinajstić information content (AvgIpc) is 2.61. The highest BCUT2D eigenvalue weighted by Gasteiger charge is 2.19. The van der Waals surface area contributed by atoms with Gasteiger partial charge in [0.2, 0.25) is 0 Å². The zero-order chi connectivity index (χ0) is 18.0. The zero-order valence-corrected chi connectivity index (χ0v) is 15.7. The van der Waals surface area contributed by atoms with Gasteiger partial charge in [-0.05, 0) is 54.4 Å². The third-order valence-electron chi connectivity index (χ3n) is 4.22. The van der Waals surface area contributed by atoms with Gasteiger partial charge in [-0.2, -0.15) is 0 Å². The lowest BCUT2D eigenvalue weighted by atomic mass is 10.1. The van der Waals surface area contributed by atoms with E-state index in [1.807, 2.05) is 73.3 Å². The molecule has 0 radical (unpaired) electrons. The number of amides is 1. The van der Waals surface area contributed by atoms with E-state index in [0.29, 0.717) is 22.2 Å². The summed E-state index contributed by atoms with van der Waals surface area (Å²) in [5.74, 6) is 0.00632. The molecule has 0 saturated heterocycles. The first-order chi connectivity index (χ1) is 12.0. The van der Waals surface area contributed by atoms with Crippen molar-refractivity contribution in [1.82, 2.24) is 4.90 Å². The van der Waals surface area contributed by atoms with Crippen molar-refractivity contribution >= 4 is 39.9 Å². The van der Waals surface area contributed by atoms with Gasteiger partial charge in [-0.15, -0.1) is 0 Å². The van der Waals surface area contributed by atoms with Gasteiger partial charge in [-0.3, -0.25) is 4.79 Å². The van der Waals surface area contributed by atoms with Crippen LogP contribution in [0.25, 0.3) is 10.8 Å². The maximum atomic E-state index is 13.1. The molecular formula is C21H19Cl2NO. The van der Waals surface area contributed by atoms with E-state index in [1.54, 1.807) is 6.07 Å². The van der Waals surface area contributed by atoms with Gasteiger partial charge >= 0.3 is 0 Å². The molecule has 0 aliphatic heterocycles. The van der Waals surface area contributed by atoms with Crippen molar-refractivity contribution in [2.75, 3.05) is 0 Å². The molecule has 0 aliphatic carbocycles. The first kappa shape index (κ1) is 17.8. The number of benzene rings is 3. The summed E-state index contributed by atoms with van der Waals surface area (Å²) in [6.07, 6.45) is 0. The van der Waals surface area contributed by atoms with Gasteiger partial charge in [0.05, 0.1) is 10.0 Å². The Kier molecular flexibility index (Phi) is 5.31. The summed E-state index contributed by atoms with van der Waals surface area (Å²) in [5.41, 5.74) is 1.64. The van der Waals surface area contributed by atoms with Gasteiger partial charge in [0.1, 0.15) is 0 Å². The van der Waals surface area contributed by atoms with Gasteiger partial charge in [0, 0.05) is 18.2 Å². The molecule has 128 valence electrons. The number of nitrogens with zero attached hydrogens (tertiary/aromatic N) is 1. The lowest BCUT2D eigenvalue weighted by molar-refractivity contribution is 0.0690. The maximum absolute atomic E-state index is 13.1. The molecule has 0 atom stereocenters.